The number of aromatic nitrogens is 1. The van der Waals surface area contributed by atoms with Crippen LogP contribution in [0.15, 0.2) is 47.3 Å². The number of benzene rings is 2. The SMILES string of the molecule is Cc1cccc(NC(=O)c2c(O)c3cccc4c3n(c2=O)CC4)c1. The Morgan fingerprint density at radius 1 is 1.21 bits per heavy atom. The lowest BCUT2D eigenvalue weighted by Crippen LogP contribution is -2.28. The Bertz CT molecular complexity index is 1050. The minimum Gasteiger partial charge on any atom is -0.506 e. The molecule has 5 heteroatoms. The third kappa shape index (κ3) is 2.09. The number of pyridine rings is 1. The Hall–Kier alpha value is -3.08. The zero-order valence-electron chi connectivity index (χ0n) is 13.2. The molecule has 3 aromatic rings. The van der Waals surface area contributed by atoms with Crippen molar-refractivity contribution in [2.75, 3.05) is 5.32 Å². The van der Waals surface area contributed by atoms with Crippen molar-refractivity contribution in [3.05, 3.63) is 69.5 Å². The number of aromatic hydroxyl groups is 1. The highest BCUT2D eigenvalue weighted by molar-refractivity contribution is 6.09. The zero-order chi connectivity index (χ0) is 16.8. The van der Waals surface area contributed by atoms with Crippen LogP contribution in [0, 0.1) is 6.92 Å². The van der Waals surface area contributed by atoms with Gasteiger partial charge in [-0.25, -0.2) is 0 Å². The number of carbonyl (C=O) groups is 1. The van der Waals surface area contributed by atoms with Gasteiger partial charge in [-0.15, -0.1) is 0 Å². The lowest BCUT2D eigenvalue weighted by molar-refractivity contribution is 0.102. The Morgan fingerprint density at radius 2 is 2.00 bits per heavy atom. The van der Waals surface area contributed by atoms with E-state index in [1.54, 1.807) is 16.7 Å². The number of nitrogens with one attached hydrogen (secondary N) is 1. The van der Waals surface area contributed by atoms with Crippen molar-refractivity contribution < 1.29 is 9.90 Å². The van der Waals surface area contributed by atoms with Crippen LogP contribution in [0.2, 0.25) is 0 Å². The molecule has 0 atom stereocenters. The smallest absolute Gasteiger partial charge is 0.267 e. The molecule has 0 bridgehead atoms. The van der Waals surface area contributed by atoms with Gasteiger partial charge in [0, 0.05) is 17.6 Å². The monoisotopic (exact) mass is 320 g/mol. The van der Waals surface area contributed by atoms with E-state index in [2.05, 4.69) is 5.32 Å². The van der Waals surface area contributed by atoms with Crippen LogP contribution in [0.5, 0.6) is 5.75 Å². The lowest BCUT2D eigenvalue weighted by atomic mass is 10.1. The molecule has 0 unspecified atom stereocenters. The number of aryl methyl sites for hydroxylation is 3. The summed E-state index contributed by atoms with van der Waals surface area (Å²) in [6, 6.07) is 12.8. The number of anilines is 1. The molecule has 0 saturated heterocycles. The Labute approximate surface area is 138 Å². The van der Waals surface area contributed by atoms with E-state index in [0.717, 1.165) is 23.1 Å². The van der Waals surface area contributed by atoms with Crippen LogP contribution in [-0.4, -0.2) is 15.6 Å². The fourth-order valence-electron chi connectivity index (χ4n) is 3.34. The standard InChI is InChI=1S/C19H16N2O3/c1-11-4-2-6-13(10-11)20-18(23)15-17(22)14-7-3-5-12-8-9-21(16(12)14)19(15)24/h2-7,10,22H,8-9H2,1H3,(H,20,23). The van der Waals surface area contributed by atoms with Gasteiger partial charge >= 0.3 is 0 Å². The second-order valence-corrected chi connectivity index (χ2v) is 6.07. The summed E-state index contributed by atoms with van der Waals surface area (Å²) in [7, 11) is 0. The number of amides is 1. The molecule has 24 heavy (non-hydrogen) atoms. The van der Waals surface area contributed by atoms with Crippen LogP contribution in [0.1, 0.15) is 21.5 Å². The maximum Gasteiger partial charge on any atom is 0.267 e. The molecule has 2 heterocycles. The van der Waals surface area contributed by atoms with Gasteiger partial charge in [-0.3, -0.25) is 9.59 Å². The molecule has 1 aliphatic rings. The number of rotatable bonds is 2. The van der Waals surface area contributed by atoms with Crippen LogP contribution in [0.3, 0.4) is 0 Å². The van der Waals surface area contributed by atoms with Gasteiger partial charge < -0.3 is 15.0 Å². The van der Waals surface area contributed by atoms with Crippen LogP contribution in [-0.2, 0) is 13.0 Å². The van der Waals surface area contributed by atoms with Crippen molar-refractivity contribution in [3.63, 3.8) is 0 Å². The van der Waals surface area contributed by atoms with E-state index >= 15 is 0 Å². The quantitative estimate of drug-likeness (QED) is 0.763. The number of carbonyl (C=O) groups excluding carboxylic acids is 1. The highest BCUT2D eigenvalue weighted by atomic mass is 16.3. The van der Waals surface area contributed by atoms with Gasteiger partial charge in [-0.05, 0) is 42.7 Å². The highest BCUT2D eigenvalue weighted by Crippen LogP contribution is 2.32. The van der Waals surface area contributed by atoms with Crippen molar-refractivity contribution in [1.82, 2.24) is 4.57 Å². The van der Waals surface area contributed by atoms with E-state index in [0.29, 0.717) is 17.6 Å². The molecule has 120 valence electrons. The summed E-state index contributed by atoms with van der Waals surface area (Å²) in [6.07, 6.45) is 0.731. The summed E-state index contributed by atoms with van der Waals surface area (Å²) in [4.78, 5) is 25.3. The topological polar surface area (TPSA) is 71.3 Å². The molecule has 0 spiro atoms. The number of nitrogens with zero attached hydrogens (tertiary/aromatic N) is 1. The minimum absolute atomic E-state index is 0.206. The molecule has 1 aliphatic heterocycles. The van der Waals surface area contributed by atoms with Crippen LogP contribution in [0.25, 0.3) is 10.9 Å². The molecule has 4 rings (SSSR count). The average molecular weight is 320 g/mol. The number of para-hydroxylation sites is 1. The van der Waals surface area contributed by atoms with Gasteiger partial charge in [0.2, 0.25) is 0 Å². The third-order valence-electron chi connectivity index (χ3n) is 4.45. The van der Waals surface area contributed by atoms with Crippen molar-refractivity contribution in [3.8, 4) is 5.75 Å². The number of hydrogen-bond donors (Lipinski definition) is 2. The molecule has 0 radical (unpaired) electrons. The molecular weight excluding hydrogens is 304 g/mol. The Morgan fingerprint density at radius 3 is 2.79 bits per heavy atom. The second kappa shape index (κ2) is 5.23. The predicted molar refractivity (Wildman–Crippen MR) is 92.7 cm³/mol. The van der Waals surface area contributed by atoms with E-state index in [9.17, 15) is 14.7 Å². The Kier molecular flexibility index (Phi) is 3.16. The van der Waals surface area contributed by atoms with Crippen molar-refractivity contribution in [2.45, 2.75) is 19.9 Å². The summed E-state index contributed by atoms with van der Waals surface area (Å²) in [5.41, 5.74) is 2.68. The van der Waals surface area contributed by atoms with E-state index in [1.165, 1.54) is 0 Å². The van der Waals surface area contributed by atoms with E-state index in [4.69, 9.17) is 0 Å². The van der Waals surface area contributed by atoms with Crippen LogP contribution in [0.4, 0.5) is 5.69 Å². The second-order valence-electron chi connectivity index (χ2n) is 6.07. The van der Waals surface area contributed by atoms with E-state index < -0.39 is 11.5 Å². The van der Waals surface area contributed by atoms with Gasteiger partial charge in [0.05, 0.1) is 5.52 Å². The maximum atomic E-state index is 12.7. The molecule has 0 aliphatic carbocycles. The first-order valence-electron chi connectivity index (χ1n) is 7.81. The molecule has 0 saturated carbocycles. The van der Waals surface area contributed by atoms with Crippen molar-refractivity contribution in [1.29, 1.82) is 0 Å². The van der Waals surface area contributed by atoms with Gasteiger partial charge in [0.1, 0.15) is 11.3 Å². The first kappa shape index (κ1) is 14.5. The van der Waals surface area contributed by atoms with Crippen molar-refractivity contribution >= 4 is 22.5 Å². The molecule has 2 N–H and O–H groups in total. The van der Waals surface area contributed by atoms with Gasteiger partial charge in [0.25, 0.3) is 11.5 Å². The molecule has 1 amide bonds. The van der Waals surface area contributed by atoms with Gasteiger partial charge in [-0.2, -0.15) is 0 Å². The summed E-state index contributed by atoms with van der Waals surface area (Å²) in [6.45, 7) is 2.44. The molecule has 5 nitrogen and oxygen atoms in total. The largest absolute Gasteiger partial charge is 0.506 e. The van der Waals surface area contributed by atoms with Crippen LogP contribution < -0.4 is 10.9 Å². The molecule has 2 aromatic carbocycles. The fraction of sp³-hybridized carbons (Fsp3) is 0.158. The van der Waals surface area contributed by atoms with E-state index in [-0.39, 0.29) is 11.3 Å². The maximum absolute atomic E-state index is 12.7. The summed E-state index contributed by atoms with van der Waals surface area (Å²) in [5, 5.41) is 13.8. The average Bonchev–Trinajstić information content (AvgIpc) is 2.98. The van der Waals surface area contributed by atoms with E-state index in [1.807, 2.05) is 37.3 Å². The first-order valence-corrected chi connectivity index (χ1v) is 7.81. The first-order chi connectivity index (χ1) is 11.6. The zero-order valence-corrected chi connectivity index (χ0v) is 13.2. The Balaban J connectivity index is 1.86. The molecule has 0 fully saturated rings. The van der Waals surface area contributed by atoms with Crippen molar-refractivity contribution in [2.24, 2.45) is 0 Å². The highest BCUT2D eigenvalue weighted by Gasteiger charge is 2.26. The van der Waals surface area contributed by atoms with Crippen LogP contribution >= 0.6 is 0 Å². The summed E-state index contributed by atoms with van der Waals surface area (Å²) in [5.74, 6) is -0.841. The fourth-order valence-corrected chi connectivity index (χ4v) is 3.34. The molecular formula is C19H16N2O3. The minimum atomic E-state index is -0.592. The lowest BCUT2D eigenvalue weighted by Gasteiger charge is -2.12. The normalized spacial score (nSPS) is 12.5. The summed E-state index contributed by atoms with van der Waals surface area (Å²) < 4.78 is 1.58. The molecule has 1 aromatic heterocycles. The third-order valence-corrected chi connectivity index (χ3v) is 4.45. The predicted octanol–water partition coefficient (Wildman–Crippen LogP) is 2.82. The number of hydrogen-bond acceptors (Lipinski definition) is 3. The summed E-state index contributed by atoms with van der Waals surface area (Å²) >= 11 is 0. The van der Waals surface area contributed by atoms with Gasteiger partial charge in [0.15, 0.2) is 0 Å². The van der Waals surface area contributed by atoms with Gasteiger partial charge in [-0.1, -0.05) is 24.3 Å².